The first-order valence-corrected chi connectivity index (χ1v) is 4.84. The van der Waals surface area contributed by atoms with E-state index in [1.807, 2.05) is 0 Å². The van der Waals surface area contributed by atoms with E-state index in [-0.39, 0.29) is 18.8 Å². The molecular formula is C9H9F3N2O3. The van der Waals surface area contributed by atoms with Crippen molar-refractivity contribution in [1.82, 2.24) is 10.1 Å². The van der Waals surface area contributed by atoms with E-state index in [1.54, 1.807) is 0 Å². The first-order chi connectivity index (χ1) is 7.96. The molecule has 17 heavy (non-hydrogen) atoms. The quantitative estimate of drug-likeness (QED) is 0.805. The van der Waals surface area contributed by atoms with E-state index >= 15 is 0 Å². The zero-order valence-corrected chi connectivity index (χ0v) is 8.61. The summed E-state index contributed by atoms with van der Waals surface area (Å²) >= 11 is 0. The van der Waals surface area contributed by atoms with Gasteiger partial charge in [0.15, 0.2) is 0 Å². The van der Waals surface area contributed by atoms with Crippen LogP contribution in [0.15, 0.2) is 16.8 Å². The molecule has 0 radical (unpaired) electrons. The number of amides is 1. The summed E-state index contributed by atoms with van der Waals surface area (Å²) < 4.78 is 44.7. The van der Waals surface area contributed by atoms with Gasteiger partial charge in [0.2, 0.25) is 5.76 Å². The predicted molar refractivity (Wildman–Crippen MR) is 48.2 cm³/mol. The molecule has 0 spiro atoms. The van der Waals surface area contributed by atoms with E-state index in [4.69, 9.17) is 0 Å². The summed E-state index contributed by atoms with van der Waals surface area (Å²) in [5.74, 6) is -0.325. The van der Waals surface area contributed by atoms with Crippen molar-refractivity contribution < 1.29 is 27.2 Å². The minimum Gasteiger partial charge on any atom is -0.365 e. The Kier molecular flexibility index (Phi) is 3.05. The van der Waals surface area contributed by atoms with Gasteiger partial charge in [0, 0.05) is 19.2 Å². The summed E-state index contributed by atoms with van der Waals surface area (Å²) in [6.45, 7) is -1.02. The number of aromatic nitrogens is 1. The normalized spacial score (nSPS) is 17.0. The Bertz CT molecular complexity index is 385. The van der Waals surface area contributed by atoms with Gasteiger partial charge in [0.05, 0.1) is 12.3 Å². The van der Waals surface area contributed by atoms with Gasteiger partial charge in [-0.15, -0.1) is 0 Å². The summed E-state index contributed by atoms with van der Waals surface area (Å²) in [5.41, 5.74) is 0. The van der Waals surface area contributed by atoms with Crippen LogP contribution in [0.2, 0.25) is 0 Å². The fourth-order valence-corrected chi connectivity index (χ4v) is 1.40. The van der Waals surface area contributed by atoms with Crippen molar-refractivity contribution in [2.24, 2.45) is 0 Å². The summed E-state index contributed by atoms with van der Waals surface area (Å²) in [6, 6.07) is 1.40. The smallest absolute Gasteiger partial charge is 0.365 e. The Morgan fingerprint density at radius 2 is 2.29 bits per heavy atom. The number of alkyl halides is 3. The number of carbonyl (C=O) groups excluding carboxylic acids is 1. The van der Waals surface area contributed by atoms with Crippen molar-refractivity contribution in [3.63, 3.8) is 0 Å². The third-order valence-electron chi connectivity index (χ3n) is 2.27. The predicted octanol–water partition coefficient (Wildman–Crippen LogP) is 1.08. The van der Waals surface area contributed by atoms with Crippen molar-refractivity contribution in [2.75, 3.05) is 19.7 Å². The van der Waals surface area contributed by atoms with Gasteiger partial charge in [-0.3, -0.25) is 4.79 Å². The minimum atomic E-state index is -4.34. The van der Waals surface area contributed by atoms with Gasteiger partial charge in [-0.25, -0.2) is 0 Å². The standard InChI is InChI=1S/C9H9F3N2O3/c10-9(11,12)5-16-6-3-14(4-6)8(15)7-1-2-13-17-7/h1-2,6H,3-5H2. The molecule has 8 heteroatoms. The number of ether oxygens (including phenoxy) is 1. The lowest BCUT2D eigenvalue weighted by Gasteiger charge is -2.38. The van der Waals surface area contributed by atoms with Crippen molar-refractivity contribution in [3.8, 4) is 0 Å². The van der Waals surface area contributed by atoms with Gasteiger partial charge >= 0.3 is 6.18 Å². The highest BCUT2D eigenvalue weighted by molar-refractivity contribution is 5.91. The molecule has 0 aliphatic carbocycles. The SMILES string of the molecule is O=C(c1ccno1)N1CC(OCC(F)(F)F)C1. The van der Waals surface area contributed by atoms with E-state index in [0.717, 1.165) is 0 Å². The Hall–Kier alpha value is -1.57. The number of likely N-dealkylation sites (tertiary alicyclic amines) is 1. The number of halogens is 3. The molecule has 1 amide bonds. The first kappa shape index (κ1) is 11.9. The molecule has 94 valence electrons. The second kappa shape index (κ2) is 4.36. The van der Waals surface area contributed by atoms with Gasteiger partial charge < -0.3 is 14.2 Å². The molecule has 0 bridgehead atoms. The summed E-state index contributed by atoms with van der Waals surface area (Å²) in [4.78, 5) is 12.9. The van der Waals surface area contributed by atoms with Gasteiger partial charge in [-0.2, -0.15) is 13.2 Å². The van der Waals surface area contributed by atoms with Gasteiger partial charge in [-0.1, -0.05) is 5.16 Å². The molecule has 0 aromatic carbocycles. The largest absolute Gasteiger partial charge is 0.411 e. The van der Waals surface area contributed by atoms with Crippen molar-refractivity contribution in [3.05, 3.63) is 18.0 Å². The van der Waals surface area contributed by atoms with Crippen molar-refractivity contribution >= 4 is 5.91 Å². The highest BCUT2D eigenvalue weighted by Crippen LogP contribution is 2.20. The number of hydrogen-bond donors (Lipinski definition) is 0. The van der Waals surface area contributed by atoms with E-state index in [2.05, 4.69) is 14.4 Å². The summed E-state index contributed by atoms with van der Waals surface area (Å²) in [6.07, 6.45) is -3.58. The van der Waals surface area contributed by atoms with Crippen LogP contribution in [-0.2, 0) is 4.74 Å². The molecule has 1 aromatic rings. The molecule has 0 unspecified atom stereocenters. The maximum atomic E-state index is 11.8. The Labute approximate surface area is 94.1 Å². The molecule has 2 rings (SSSR count). The second-order valence-corrected chi connectivity index (χ2v) is 3.64. The fourth-order valence-electron chi connectivity index (χ4n) is 1.40. The molecule has 2 heterocycles. The molecule has 1 aliphatic heterocycles. The molecular weight excluding hydrogens is 241 g/mol. The first-order valence-electron chi connectivity index (χ1n) is 4.84. The van der Waals surface area contributed by atoms with Crippen molar-refractivity contribution in [1.29, 1.82) is 0 Å². The zero-order chi connectivity index (χ0) is 12.5. The lowest BCUT2D eigenvalue weighted by molar-refractivity contribution is -0.196. The van der Waals surface area contributed by atoms with Crippen LogP contribution in [0.1, 0.15) is 10.6 Å². The molecule has 1 aliphatic rings. The summed E-state index contributed by atoms with van der Waals surface area (Å²) in [5, 5.41) is 3.37. The molecule has 0 atom stereocenters. The van der Waals surface area contributed by atoms with Crippen LogP contribution in [0.5, 0.6) is 0 Å². The maximum Gasteiger partial charge on any atom is 0.411 e. The number of rotatable bonds is 3. The van der Waals surface area contributed by atoms with Gasteiger partial charge in [0.1, 0.15) is 6.61 Å². The molecule has 5 nitrogen and oxygen atoms in total. The number of hydrogen-bond acceptors (Lipinski definition) is 4. The van der Waals surface area contributed by atoms with E-state index < -0.39 is 24.8 Å². The highest BCUT2D eigenvalue weighted by atomic mass is 19.4. The topological polar surface area (TPSA) is 55.6 Å². The van der Waals surface area contributed by atoms with Crippen LogP contribution >= 0.6 is 0 Å². The Balaban J connectivity index is 1.74. The third kappa shape index (κ3) is 2.96. The van der Waals surface area contributed by atoms with Crippen LogP contribution in [0.3, 0.4) is 0 Å². The molecule has 0 N–H and O–H groups in total. The zero-order valence-electron chi connectivity index (χ0n) is 8.61. The lowest BCUT2D eigenvalue weighted by atomic mass is 10.1. The van der Waals surface area contributed by atoms with Crippen LogP contribution < -0.4 is 0 Å². The van der Waals surface area contributed by atoms with Crippen molar-refractivity contribution in [2.45, 2.75) is 12.3 Å². The van der Waals surface area contributed by atoms with E-state index in [9.17, 15) is 18.0 Å². The monoisotopic (exact) mass is 250 g/mol. The van der Waals surface area contributed by atoms with E-state index in [1.165, 1.54) is 17.2 Å². The molecule has 1 saturated heterocycles. The molecule has 1 fully saturated rings. The number of carbonyl (C=O) groups is 1. The Morgan fingerprint density at radius 1 is 1.59 bits per heavy atom. The lowest BCUT2D eigenvalue weighted by Crippen LogP contribution is -2.55. The van der Waals surface area contributed by atoms with Crippen LogP contribution in [-0.4, -0.2) is 47.9 Å². The molecule has 0 saturated carbocycles. The van der Waals surface area contributed by atoms with Crippen LogP contribution in [0, 0.1) is 0 Å². The minimum absolute atomic E-state index is 0.0688. The highest BCUT2D eigenvalue weighted by Gasteiger charge is 2.36. The summed E-state index contributed by atoms with van der Waals surface area (Å²) in [7, 11) is 0. The average Bonchev–Trinajstić information content (AvgIpc) is 2.65. The van der Waals surface area contributed by atoms with Crippen LogP contribution in [0.25, 0.3) is 0 Å². The average molecular weight is 250 g/mol. The second-order valence-electron chi connectivity index (χ2n) is 3.64. The van der Waals surface area contributed by atoms with Gasteiger partial charge in [0.25, 0.3) is 5.91 Å². The number of nitrogens with zero attached hydrogens (tertiary/aromatic N) is 2. The van der Waals surface area contributed by atoms with E-state index in [0.29, 0.717) is 0 Å². The maximum absolute atomic E-state index is 11.8. The third-order valence-corrected chi connectivity index (χ3v) is 2.27. The fraction of sp³-hybridized carbons (Fsp3) is 0.556. The van der Waals surface area contributed by atoms with Gasteiger partial charge in [-0.05, 0) is 0 Å². The Morgan fingerprint density at radius 3 is 2.82 bits per heavy atom. The van der Waals surface area contributed by atoms with Crippen LogP contribution in [0.4, 0.5) is 13.2 Å². The molecule has 1 aromatic heterocycles.